The van der Waals surface area contributed by atoms with E-state index in [1.807, 2.05) is 55.5 Å². The highest BCUT2D eigenvalue weighted by Crippen LogP contribution is 2.21. The largest absolute Gasteiger partial charge is 0.489 e. The van der Waals surface area contributed by atoms with Crippen molar-refractivity contribution in [3.63, 3.8) is 0 Å². The quantitative estimate of drug-likeness (QED) is 0.651. The molecule has 0 bridgehead atoms. The van der Waals surface area contributed by atoms with Gasteiger partial charge in [0.1, 0.15) is 12.4 Å². The van der Waals surface area contributed by atoms with Gasteiger partial charge in [0.25, 0.3) is 0 Å². The molecule has 0 amide bonds. The maximum atomic E-state index is 10.9. The molecule has 1 aromatic heterocycles. The average molecular weight is 326 g/mol. The van der Waals surface area contributed by atoms with Crippen molar-refractivity contribution >= 4 is 27.7 Å². The summed E-state index contributed by atoms with van der Waals surface area (Å²) in [5, 5.41) is 0.736. The molecule has 3 rings (SSSR count). The molecule has 3 aromatic rings. The lowest BCUT2D eigenvalue weighted by Crippen LogP contribution is -1.99. The number of carbonyl (C=O) groups excluding carboxylic acids is 1. The molecule has 2 aromatic carbocycles. The van der Waals surface area contributed by atoms with Gasteiger partial charge in [-0.25, -0.2) is 0 Å². The molecule has 0 radical (unpaired) electrons. The first kappa shape index (κ1) is 15.5. The lowest BCUT2D eigenvalue weighted by molar-refractivity contribution is -0.111. The molecule has 1 heterocycles. The number of pyridine rings is 1. The van der Waals surface area contributed by atoms with Crippen LogP contribution in [0.25, 0.3) is 10.9 Å². The number of para-hydroxylation sites is 1. The summed E-state index contributed by atoms with van der Waals surface area (Å²) in [6, 6.07) is 17.5. The van der Waals surface area contributed by atoms with Gasteiger partial charge in [-0.3, -0.25) is 9.78 Å². The number of hydrogen-bond acceptors (Lipinski definition) is 3. The zero-order valence-electron chi connectivity index (χ0n) is 12.8. The number of halogens is 1. The first-order valence-corrected chi connectivity index (χ1v) is 7.75. The van der Waals surface area contributed by atoms with Gasteiger partial charge in [0.15, 0.2) is 0 Å². The first-order valence-electron chi connectivity index (χ1n) is 7.37. The Hall–Kier alpha value is -2.39. The molecule has 0 aliphatic rings. The number of nitrogens with zero attached hydrogens (tertiary/aromatic N) is 1. The van der Waals surface area contributed by atoms with E-state index < -0.39 is 0 Å². The summed E-state index contributed by atoms with van der Waals surface area (Å²) in [4.78, 5) is 15.4. The Kier molecular flexibility index (Phi) is 4.58. The Labute approximate surface area is 139 Å². The first-order chi connectivity index (χ1) is 11.1. The summed E-state index contributed by atoms with van der Waals surface area (Å²) in [7, 11) is 0. The van der Waals surface area contributed by atoms with Crippen molar-refractivity contribution in [2.75, 3.05) is 0 Å². The third-order valence-corrected chi connectivity index (χ3v) is 3.72. The minimum absolute atomic E-state index is 0.232. The van der Waals surface area contributed by atoms with Crippen molar-refractivity contribution in [1.29, 1.82) is 0 Å². The zero-order chi connectivity index (χ0) is 16.2. The highest BCUT2D eigenvalue weighted by molar-refractivity contribution is 6.63. The Bertz CT molecular complexity index is 844. The number of hydrogen-bond donors (Lipinski definition) is 0. The molecular weight excluding hydrogens is 310 g/mol. The van der Waals surface area contributed by atoms with Crippen LogP contribution < -0.4 is 4.74 Å². The molecular formula is C19H16ClNO2. The van der Waals surface area contributed by atoms with Crippen LogP contribution in [0.3, 0.4) is 0 Å². The van der Waals surface area contributed by atoms with E-state index in [4.69, 9.17) is 16.3 Å². The molecule has 0 saturated carbocycles. The predicted molar refractivity (Wildman–Crippen MR) is 91.8 cm³/mol. The number of aryl methyl sites for hydroxylation is 1. The summed E-state index contributed by atoms with van der Waals surface area (Å²) in [6.07, 6.45) is 0.232. The molecule has 0 fully saturated rings. The van der Waals surface area contributed by atoms with Crippen LogP contribution in [0.15, 0.2) is 54.6 Å². The topological polar surface area (TPSA) is 39.2 Å². The van der Waals surface area contributed by atoms with Gasteiger partial charge in [-0.1, -0.05) is 30.3 Å². The fourth-order valence-electron chi connectivity index (χ4n) is 2.54. The molecule has 0 aliphatic heterocycles. The molecule has 0 saturated heterocycles. The zero-order valence-corrected chi connectivity index (χ0v) is 13.5. The normalized spacial score (nSPS) is 10.7. The number of benzene rings is 2. The molecule has 0 aliphatic carbocycles. The van der Waals surface area contributed by atoms with Crippen LogP contribution in [0.2, 0.25) is 0 Å². The fourth-order valence-corrected chi connectivity index (χ4v) is 2.69. The Morgan fingerprint density at radius 3 is 2.61 bits per heavy atom. The highest BCUT2D eigenvalue weighted by Gasteiger charge is 2.05. The summed E-state index contributed by atoms with van der Waals surface area (Å²) >= 11 is 5.39. The number of carbonyl (C=O) groups is 1. The second-order valence-corrected chi connectivity index (χ2v) is 5.83. The van der Waals surface area contributed by atoms with Gasteiger partial charge in [0.2, 0.25) is 5.24 Å². The van der Waals surface area contributed by atoms with Crippen LogP contribution >= 0.6 is 11.6 Å². The molecule has 3 nitrogen and oxygen atoms in total. The second kappa shape index (κ2) is 6.80. The fraction of sp³-hybridized carbons (Fsp3) is 0.158. The van der Waals surface area contributed by atoms with Crippen molar-refractivity contribution in [3.8, 4) is 5.75 Å². The van der Waals surface area contributed by atoms with Gasteiger partial charge in [-0.05, 0) is 48.4 Å². The molecule has 0 unspecified atom stereocenters. The van der Waals surface area contributed by atoms with Gasteiger partial charge in [-0.2, -0.15) is 0 Å². The van der Waals surface area contributed by atoms with Crippen molar-refractivity contribution < 1.29 is 9.53 Å². The van der Waals surface area contributed by atoms with E-state index in [1.54, 1.807) is 0 Å². The maximum absolute atomic E-state index is 10.9. The third-order valence-electron chi connectivity index (χ3n) is 3.59. The lowest BCUT2D eigenvalue weighted by atomic mass is 10.1. The lowest BCUT2D eigenvalue weighted by Gasteiger charge is -2.10. The van der Waals surface area contributed by atoms with Crippen LogP contribution in [-0.2, 0) is 17.8 Å². The number of aromatic nitrogens is 1. The Morgan fingerprint density at radius 1 is 1.13 bits per heavy atom. The highest BCUT2D eigenvalue weighted by atomic mass is 35.5. The smallest absolute Gasteiger partial charge is 0.226 e. The van der Waals surface area contributed by atoms with Crippen molar-refractivity contribution in [2.45, 2.75) is 20.0 Å². The SMILES string of the molecule is Cc1cc(COc2ccc(CC(=O)Cl)cc2)c2ccccc2n1. The van der Waals surface area contributed by atoms with Gasteiger partial charge in [-0.15, -0.1) is 0 Å². The van der Waals surface area contributed by atoms with Crippen LogP contribution in [0.1, 0.15) is 16.8 Å². The van der Waals surface area contributed by atoms with Crippen LogP contribution in [0, 0.1) is 6.92 Å². The number of fused-ring (bicyclic) bond motifs is 1. The van der Waals surface area contributed by atoms with Crippen LogP contribution in [0.4, 0.5) is 0 Å². The monoisotopic (exact) mass is 325 g/mol. The predicted octanol–water partition coefficient (Wildman–Crippen LogP) is 4.43. The number of rotatable bonds is 5. The standard InChI is InChI=1S/C19H16ClNO2/c1-13-10-15(17-4-2-3-5-18(17)21-13)12-23-16-8-6-14(7-9-16)11-19(20)22/h2-10H,11-12H2,1H3. The van der Waals surface area contributed by atoms with E-state index in [0.717, 1.165) is 33.5 Å². The molecule has 0 spiro atoms. The van der Waals surface area contributed by atoms with E-state index in [1.165, 1.54) is 0 Å². The Morgan fingerprint density at radius 2 is 1.87 bits per heavy atom. The summed E-state index contributed by atoms with van der Waals surface area (Å²) in [5.41, 5.74) is 3.93. The van der Waals surface area contributed by atoms with Gasteiger partial charge >= 0.3 is 0 Å². The van der Waals surface area contributed by atoms with E-state index in [2.05, 4.69) is 11.1 Å². The van der Waals surface area contributed by atoms with Crippen molar-refractivity contribution in [2.24, 2.45) is 0 Å². The van der Waals surface area contributed by atoms with E-state index in [0.29, 0.717) is 6.61 Å². The van der Waals surface area contributed by atoms with Gasteiger partial charge in [0, 0.05) is 23.1 Å². The van der Waals surface area contributed by atoms with Crippen LogP contribution in [-0.4, -0.2) is 10.2 Å². The van der Waals surface area contributed by atoms with E-state index >= 15 is 0 Å². The molecule has 116 valence electrons. The summed E-state index contributed by atoms with van der Waals surface area (Å²) in [5.74, 6) is 0.759. The van der Waals surface area contributed by atoms with Crippen LogP contribution in [0.5, 0.6) is 5.75 Å². The summed E-state index contributed by atoms with van der Waals surface area (Å²) < 4.78 is 5.87. The number of ether oxygens (including phenoxy) is 1. The third kappa shape index (κ3) is 3.88. The maximum Gasteiger partial charge on any atom is 0.226 e. The van der Waals surface area contributed by atoms with Gasteiger partial charge < -0.3 is 4.74 Å². The minimum Gasteiger partial charge on any atom is -0.489 e. The van der Waals surface area contributed by atoms with Crippen molar-refractivity contribution in [1.82, 2.24) is 4.98 Å². The Balaban J connectivity index is 1.77. The summed E-state index contributed by atoms with van der Waals surface area (Å²) in [6.45, 7) is 2.45. The van der Waals surface area contributed by atoms with E-state index in [-0.39, 0.29) is 11.7 Å². The average Bonchev–Trinajstić information content (AvgIpc) is 2.53. The van der Waals surface area contributed by atoms with Gasteiger partial charge in [0.05, 0.1) is 5.52 Å². The molecule has 4 heteroatoms. The second-order valence-electron chi connectivity index (χ2n) is 5.40. The van der Waals surface area contributed by atoms with E-state index in [9.17, 15) is 4.79 Å². The molecule has 0 atom stereocenters. The molecule has 0 N–H and O–H groups in total. The van der Waals surface area contributed by atoms with Crippen molar-refractivity contribution in [3.05, 3.63) is 71.4 Å². The minimum atomic E-state index is -0.364. The molecule has 23 heavy (non-hydrogen) atoms.